The summed E-state index contributed by atoms with van der Waals surface area (Å²) in [5, 5.41) is 8.76. The summed E-state index contributed by atoms with van der Waals surface area (Å²) in [5.74, 6) is -1.36. The first kappa shape index (κ1) is 18.2. The zero-order valence-electron chi connectivity index (χ0n) is 16.4. The van der Waals surface area contributed by atoms with Gasteiger partial charge >= 0.3 is 0 Å². The molecule has 3 aliphatic heterocycles. The Kier molecular flexibility index (Phi) is 4.12. The molecule has 0 aliphatic carbocycles. The molecule has 3 saturated heterocycles. The van der Waals surface area contributed by atoms with Crippen molar-refractivity contribution in [2.45, 2.75) is 69.9 Å². The number of hydrogen-bond donors (Lipinski definition) is 0. The summed E-state index contributed by atoms with van der Waals surface area (Å²) in [6, 6.07) is 9.72. The Labute approximate surface area is 163 Å². The maximum absolute atomic E-state index is 6.24. The van der Waals surface area contributed by atoms with Crippen LogP contribution in [0.5, 0.6) is 0 Å². The highest BCUT2D eigenvalue weighted by Gasteiger charge is 2.59. The highest BCUT2D eigenvalue weighted by atomic mass is 16.8. The molecule has 0 amide bonds. The van der Waals surface area contributed by atoms with Crippen LogP contribution >= 0.6 is 0 Å². The third kappa shape index (κ3) is 3.15. The first-order valence-corrected chi connectivity index (χ1v) is 9.61. The number of benzene rings is 1. The van der Waals surface area contributed by atoms with Crippen LogP contribution < -0.4 is 0 Å². The van der Waals surface area contributed by atoms with Crippen molar-refractivity contribution in [2.24, 2.45) is 0 Å². The number of hydrogen-bond acceptors (Lipinski definition) is 7. The average molecular weight is 387 g/mol. The van der Waals surface area contributed by atoms with Crippen LogP contribution in [0.25, 0.3) is 11.3 Å². The van der Waals surface area contributed by atoms with Crippen LogP contribution in [0.3, 0.4) is 0 Å². The predicted octanol–water partition coefficient (Wildman–Crippen LogP) is 2.51. The van der Waals surface area contributed by atoms with Crippen LogP contribution in [0.1, 0.15) is 33.7 Å². The minimum atomic E-state index is -0.715. The Hall–Kier alpha value is -1.84. The lowest BCUT2D eigenvalue weighted by Crippen LogP contribution is -2.40. The van der Waals surface area contributed by atoms with Gasteiger partial charge in [0.25, 0.3) is 0 Å². The van der Waals surface area contributed by atoms with Crippen LogP contribution in [-0.4, -0.2) is 57.8 Å². The van der Waals surface area contributed by atoms with Gasteiger partial charge < -0.3 is 23.7 Å². The zero-order valence-corrected chi connectivity index (χ0v) is 16.4. The molecule has 0 saturated carbocycles. The zero-order chi connectivity index (χ0) is 19.5. The Morgan fingerprint density at radius 2 is 1.75 bits per heavy atom. The molecule has 8 nitrogen and oxygen atoms in total. The Balaban J connectivity index is 1.47. The Bertz CT molecular complexity index is 853. The van der Waals surface area contributed by atoms with Gasteiger partial charge in [-0.2, -0.15) is 0 Å². The van der Waals surface area contributed by atoms with Crippen molar-refractivity contribution >= 4 is 0 Å². The Morgan fingerprint density at radius 1 is 0.964 bits per heavy atom. The molecular formula is C20H25N3O5. The summed E-state index contributed by atoms with van der Waals surface area (Å²) in [4.78, 5) is 0. The second-order valence-corrected chi connectivity index (χ2v) is 8.38. The molecule has 150 valence electrons. The fourth-order valence-corrected chi connectivity index (χ4v) is 4.17. The molecule has 28 heavy (non-hydrogen) atoms. The number of nitrogens with zero attached hydrogens (tertiary/aromatic N) is 3. The smallest absolute Gasteiger partial charge is 0.189 e. The number of fused-ring (bicyclic) bond motifs is 1. The van der Waals surface area contributed by atoms with Gasteiger partial charge in [0.1, 0.15) is 30.0 Å². The largest absolute Gasteiger partial charge is 0.348 e. The summed E-state index contributed by atoms with van der Waals surface area (Å²) in [7, 11) is 0. The van der Waals surface area contributed by atoms with Crippen LogP contribution in [0, 0.1) is 0 Å². The molecule has 1 aromatic heterocycles. The van der Waals surface area contributed by atoms with E-state index in [0.29, 0.717) is 6.61 Å². The van der Waals surface area contributed by atoms with E-state index in [0.717, 1.165) is 11.3 Å². The standard InChI is InChI=1S/C20H25N3O5/c1-19(2)24-11-14(26-19)16-15(17-18(25-16)28-20(3,4)27-17)23-10-13(21-22-23)12-8-6-5-7-9-12/h5-10,14-18H,11H2,1-4H3/t14-,15-,16-,17-,18-/m1/s1. The highest BCUT2D eigenvalue weighted by Crippen LogP contribution is 2.45. The lowest BCUT2D eigenvalue weighted by molar-refractivity contribution is -0.226. The maximum atomic E-state index is 6.24. The second kappa shape index (κ2) is 6.33. The van der Waals surface area contributed by atoms with Gasteiger partial charge in [0.05, 0.1) is 12.8 Å². The molecule has 5 rings (SSSR count). The lowest BCUT2D eigenvalue weighted by atomic mass is 10.0. The van der Waals surface area contributed by atoms with E-state index >= 15 is 0 Å². The molecule has 0 spiro atoms. The molecule has 3 fully saturated rings. The molecule has 0 unspecified atom stereocenters. The SMILES string of the molecule is CC1(C)O[C@H]2O[C@H]([C@H]3COC(C)(C)O3)[C@@H](n3cc(-c4ccccc4)nn3)[C@H]2O1. The van der Waals surface area contributed by atoms with Crippen molar-refractivity contribution in [3.63, 3.8) is 0 Å². The molecule has 5 atom stereocenters. The van der Waals surface area contributed by atoms with Crippen molar-refractivity contribution in [1.82, 2.24) is 15.0 Å². The van der Waals surface area contributed by atoms with E-state index in [9.17, 15) is 0 Å². The van der Waals surface area contributed by atoms with E-state index in [2.05, 4.69) is 10.3 Å². The minimum absolute atomic E-state index is 0.237. The molecule has 0 radical (unpaired) electrons. The third-order valence-corrected chi connectivity index (χ3v) is 5.33. The molecule has 0 bridgehead atoms. The minimum Gasteiger partial charge on any atom is -0.348 e. The monoisotopic (exact) mass is 387 g/mol. The van der Waals surface area contributed by atoms with E-state index in [1.165, 1.54) is 0 Å². The summed E-state index contributed by atoms with van der Waals surface area (Å²) in [6.07, 6.45) is 0.566. The van der Waals surface area contributed by atoms with Crippen LogP contribution in [0.15, 0.2) is 36.5 Å². The van der Waals surface area contributed by atoms with E-state index in [-0.39, 0.29) is 24.4 Å². The van der Waals surface area contributed by atoms with Gasteiger partial charge in [0, 0.05) is 5.56 Å². The normalized spacial score (nSPS) is 35.9. The van der Waals surface area contributed by atoms with E-state index in [1.807, 2.05) is 68.9 Å². The molecule has 8 heteroatoms. The average Bonchev–Trinajstić information content (AvgIpc) is 3.37. The maximum Gasteiger partial charge on any atom is 0.189 e. The summed E-state index contributed by atoms with van der Waals surface area (Å²) < 4.78 is 32.0. The highest BCUT2D eigenvalue weighted by molar-refractivity contribution is 5.57. The van der Waals surface area contributed by atoms with Crippen molar-refractivity contribution in [3.05, 3.63) is 36.5 Å². The van der Waals surface area contributed by atoms with Crippen molar-refractivity contribution < 1.29 is 23.7 Å². The van der Waals surface area contributed by atoms with E-state index in [4.69, 9.17) is 23.7 Å². The first-order valence-electron chi connectivity index (χ1n) is 9.61. The fraction of sp³-hybridized carbons (Fsp3) is 0.600. The fourth-order valence-electron chi connectivity index (χ4n) is 4.17. The summed E-state index contributed by atoms with van der Waals surface area (Å²) in [5.41, 5.74) is 1.80. The topological polar surface area (TPSA) is 76.9 Å². The van der Waals surface area contributed by atoms with Crippen molar-refractivity contribution in [1.29, 1.82) is 0 Å². The molecule has 2 aromatic rings. The van der Waals surface area contributed by atoms with Crippen LogP contribution in [0.2, 0.25) is 0 Å². The lowest BCUT2D eigenvalue weighted by Gasteiger charge is -2.28. The van der Waals surface area contributed by atoms with Gasteiger partial charge in [-0.1, -0.05) is 35.5 Å². The van der Waals surface area contributed by atoms with Gasteiger partial charge in [-0.3, -0.25) is 0 Å². The van der Waals surface area contributed by atoms with Crippen LogP contribution in [0.4, 0.5) is 0 Å². The third-order valence-electron chi connectivity index (χ3n) is 5.33. The van der Waals surface area contributed by atoms with Gasteiger partial charge in [-0.25, -0.2) is 4.68 Å². The number of aromatic nitrogens is 3. The number of ether oxygens (including phenoxy) is 5. The van der Waals surface area contributed by atoms with Gasteiger partial charge in [0.15, 0.2) is 17.9 Å². The summed E-state index contributed by atoms with van der Waals surface area (Å²) >= 11 is 0. The molecule has 1 aromatic carbocycles. The first-order chi connectivity index (χ1) is 13.3. The van der Waals surface area contributed by atoms with Gasteiger partial charge in [-0.05, 0) is 27.7 Å². The van der Waals surface area contributed by atoms with Crippen molar-refractivity contribution in [3.8, 4) is 11.3 Å². The van der Waals surface area contributed by atoms with Crippen LogP contribution in [-0.2, 0) is 23.7 Å². The number of rotatable bonds is 3. The predicted molar refractivity (Wildman–Crippen MR) is 98.1 cm³/mol. The van der Waals surface area contributed by atoms with Crippen molar-refractivity contribution in [2.75, 3.05) is 6.61 Å². The van der Waals surface area contributed by atoms with E-state index in [1.54, 1.807) is 0 Å². The Morgan fingerprint density at radius 3 is 2.46 bits per heavy atom. The molecular weight excluding hydrogens is 362 g/mol. The molecule has 3 aliphatic rings. The quantitative estimate of drug-likeness (QED) is 0.801. The second-order valence-electron chi connectivity index (χ2n) is 8.38. The summed E-state index contributed by atoms with van der Waals surface area (Å²) in [6.45, 7) is 8.01. The van der Waals surface area contributed by atoms with Gasteiger partial charge in [0.2, 0.25) is 0 Å². The molecule has 0 N–H and O–H groups in total. The molecule has 4 heterocycles. The van der Waals surface area contributed by atoms with E-state index < -0.39 is 17.9 Å². The van der Waals surface area contributed by atoms with Gasteiger partial charge in [-0.15, -0.1) is 5.10 Å².